The number of aliphatic carboxylic acids is 1. The largest absolute Gasteiger partial charge is 0.481 e. The van der Waals surface area contributed by atoms with Crippen LogP contribution in [-0.2, 0) is 16.0 Å². The predicted molar refractivity (Wildman–Crippen MR) is 80.5 cm³/mol. The number of carbonyl (C=O) groups excluding carboxylic acids is 1. The van der Waals surface area contributed by atoms with Crippen molar-refractivity contribution in [1.29, 1.82) is 0 Å². The Morgan fingerprint density at radius 1 is 1.29 bits per heavy atom. The zero-order chi connectivity index (χ0) is 16.0. The van der Waals surface area contributed by atoms with Gasteiger partial charge < -0.3 is 15.2 Å². The van der Waals surface area contributed by atoms with Crippen LogP contribution in [0.15, 0.2) is 24.3 Å². The van der Waals surface area contributed by atoms with Gasteiger partial charge in [0.25, 0.3) is 0 Å². The van der Waals surface area contributed by atoms with Gasteiger partial charge in [0.2, 0.25) is 0 Å². The first-order valence-corrected chi connectivity index (χ1v) is 6.99. The van der Waals surface area contributed by atoms with E-state index in [2.05, 4.69) is 5.32 Å². The number of carboxylic acids is 1. The number of carboxylic acid groups (broad SMARTS) is 1. The topological polar surface area (TPSA) is 75.6 Å². The minimum Gasteiger partial charge on any atom is -0.481 e. The lowest BCUT2D eigenvalue weighted by molar-refractivity contribution is -0.141. The summed E-state index contributed by atoms with van der Waals surface area (Å²) in [6.07, 6.45) is -0.313. The van der Waals surface area contributed by atoms with Crippen LogP contribution in [0.3, 0.4) is 0 Å². The van der Waals surface area contributed by atoms with E-state index in [9.17, 15) is 14.7 Å². The Hall–Kier alpha value is -1.75. The van der Waals surface area contributed by atoms with E-state index in [1.807, 2.05) is 0 Å². The van der Waals surface area contributed by atoms with Crippen LogP contribution < -0.4 is 5.32 Å². The molecule has 0 fully saturated rings. The van der Waals surface area contributed by atoms with Gasteiger partial charge in [0.15, 0.2) is 0 Å². The number of hydrogen-bond acceptors (Lipinski definition) is 3. The van der Waals surface area contributed by atoms with E-state index in [1.165, 1.54) is 0 Å². The Morgan fingerprint density at radius 3 is 2.33 bits per heavy atom. The third-order valence-corrected chi connectivity index (χ3v) is 2.89. The Morgan fingerprint density at radius 2 is 1.86 bits per heavy atom. The molecule has 0 aliphatic rings. The molecule has 116 valence electrons. The molecule has 1 atom stereocenters. The molecule has 5 nitrogen and oxygen atoms in total. The molecule has 6 heteroatoms. The van der Waals surface area contributed by atoms with Gasteiger partial charge in [-0.25, -0.2) is 4.79 Å². The molecule has 0 radical (unpaired) electrons. The van der Waals surface area contributed by atoms with E-state index < -0.39 is 23.6 Å². The summed E-state index contributed by atoms with van der Waals surface area (Å²) < 4.78 is 5.07. The van der Waals surface area contributed by atoms with Crippen molar-refractivity contribution in [2.75, 3.05) is 6.54 Å². The van der Waals surface area contributed by atoms with Crippen molar-refractivity contribution in [2.24, 2.45) is 5.92 Å². The molecule has 0 aromatic heterocycles. The monoisotopic (exact) mass is 313 g/mol. The number of carbonyl (C=O) groups is 2. The average Bonchev–Trinajstić information content (AvgIpc) is 2.34. The highest BCUT2D eigenvalue weighted by Crippen LogP contribution is 2.14. The molecular weight excluding hydrogens is 294 g/mol. The van der Waals surface area contributed by atoms with E-state index in [4.69, 9.17) is 16.3 Å². The molecule has 0 unspecified atom stereocenters. The zero-order valence-electron chi connectivity index (χ0n) is 12.4. The summed E-state index contributed by atoms with van der Waals surface area (Å²) in [4.78, 5) is 22.8. The van der Waals surface area contributed by atoms with Gasteiger partial charge in [-0.1, -0.05) is 23.7 Å². The van der Waals surface area contributed by atoms with Gasteiger partial charge in [0.1, 0.15) is 5.60 Å². The summed E-state index contributed by atoms with van der Waals surface area (Å²) in [6.45, 7) is 5.24. The lowest BCUT2D eigenvalue weighted by Gasteiger charge is -2.20. The molecule has 21 heavy (non-hydrogen) atoms. The summed E-state index contributed by atoms with van der Waals surface area (Å²) >= 11 is 5.79. The Labute approximate surface area is 129 Å². The number of hydrogen-bond donors (Lipinski definition) is 2. The van der Waals surface area contributed by atoms with Gasteiger partial charge in [-0.15, -0.1) is 0 Å². The van der Waals surface area contributed by atoms with Gasteiger partial charge in [-0.05, 0) is 44.9 Å². The van der Waals surface area contributed by atoms with Crippen LogP contribution in [0.2, 0.25) is 5.02 Å². The molecule has 2 N–H and O–H groups in total. The third-order valence-electron chi connectivity index (χ3n) is 2.64. The molecule has 0 bridgehead atoms. The molecule has 1 amide bonds. The SMILES string of the molecule is CC(C)(C)OC(=O)NC[C@@H](Cc1ccc(Cl)cc1)C(=O)O. The van der Waals surface area contributed by atoms with Crippen LogP contribution in [0.4, 0.5) is 4.79 Å². The van der Waals surface area contributed by atoms with E-state index in [-0.39, 0.29) is 6.54 Å². The van der Waals surface area contributed by atoms with Gasteiger partial charge in [-0.3, -0.25) is 4.79 Å². The third kappa shape index (κ3) is 6.99. The second-order valence-electron chi connectivity index (χ2n) is 5.75. The van der Waals surface area contributed by atoms with Crippen LogP contribution in [0, 0.1) is 5.92 Å². The molecule has 0 spiro atoms. The highest BCUT2D eigenvalue weighted by atomic mass is 35.5. The molecule has 0 heterocycles. The smallest absolute Gasteiger partial charge is 0.407 e. The van der Waals surface area contributed by atoms with Gasteiger partial charge in [0, 0.05) is 11.6 Å². The highest BCUT2D eigenvalue weighted by Gasteiger charge is 2.21. The Kier molecular flexibility index (Phi) is 6.03. The lowest BCUT2D eigenvalue weighted by Crippen LogP contribution is -2.37. The fraction of sp³-hybridized carbons (Fsp3) is 0.467. The van der Waals surface area contributed by atoms with E-state index in [0.717, 1.165) is 5.56 Å². The van der Waals surface area contributed by atoms with Crippen molar-refractivity contribution in [1.82, 2.24) is 5.32 Å². The van der Waals surface area contributed by atoms with Gasteiger partial charge in [0.05, 0.1) is 5.92 Å². The maximum atomic E-state index is 11.5. The molecular formula is C15H20ClNO4. The number of rotatable bonds is 5. The second kappa shape index (κ2) is 7.31. The van der Waals surface area contributed by atoms with Crippen molar-refractivity contribution < 1.29 is 19.4 Å². The quantitative estimate of drug-likeness (QED) is 0.875. The van der Waals surface area contributed by atoms with Crippen LogP contribution in [0.1, 0.15) is 26.3 Å². The molecule has 0 saturated carbocycles. The minimum atomic E-state index is -0.971. The van der Waals surface area contributed by atoms with Crippen LogP contribution in [-0.4, -0.2) is 29.3 Å². The van der Waals surface area contributed by atoms with Crippen LogP contribution in [0.5, 0.6) is 0 Å². The highest BCUT2D eigenvalue weighted by molar-refractivity contribution is 6.30. The van der Waals surface area contributed by atoms with Crippen LogP contribution >= 0.6 is 11.6 Å². The average molecular weight is 314 g/mol. The summed E-state index contributed by atoms with van der Waals surface area (Å²) in [5, 5.41) is 12.3. The maximum Gasteiger partial charge on any atom is 0.407 e. The van der Waals surface area contributed by atoms with Crippen molar-refractivity contribution in [3.63, 3.8) is 0 Å². The molecule has 1 rings (SSSR count). The van der Waals surface area contributed by atoms with Crippen molar-refractivity contribution in [3.05, 3.63) is 34.9 Å². The summed E-state index contributed by atoms with van der Waals surface area (Å²) in [6, 6.07) is 6.95. The number of ether oxygens (including phenoxy) is 1. The molecule has 1 aromatic carbocycles. The molecule has 0 saturated heterocycles. The first-order chi connectivity index (χ1) is 9.67. The first kappa shape index (κ1) is 17.3. The summed E-state index contributed by atoms with van der Waals surface area (Å²) in [7, 11) is 0. The number of halogens is 1. The molecule has 0 aliphatic carbocycles. The van der Waals surface area contributed by atoms with E-state index >= 15 is 0 Å². The fourth-order valence-electron chi connectivity index (χ4n) is 1.67. The number of nitrogens with one attached hydrogen (secondary N) is 1. The minimum absolute atomic E-state index is 0.00682. The normalized spacial score (nSPS) is 12.6. The first-order valence-electron chi connectivity index (χ1n) is 6.61. The number of benzene rings is 1. The van der Waals surface area contributed by atoms with Crippen LogP contribution in [0.25, 0.3) is 0 Å². The molecule has 0 aliphatic heterocycles. The predicted octanol–water partition coefficient (Wildman–Crippen LogP) is 3.11. The van der Waals surface area contributed by atoms with Crippen molar-refractivity contribution in [2.45, 2.75) is 32.8 Å². The summed E-state index contributed by atoms with van der Waals surface area (Å²) in [5.74, 6) is -1.69. The zero-order valence-corrected chi connectivity index (χ0v) is 13.1. The maximum absolute atomic E-state index is 11.5. The van der Waals surface area contributed by atoms with E-state index in [0.29, 0.717) is 11.4 Å². The van der Waals surface area contributed by atoms with Gasteiger partial charge >= 0.3 is 12.1 Å². The Balaban J connectivity index is 2.56. The van der Waals surface area contributed by atoms with Crippen molar-refractivity contribution in [3.8, 4) is 0 Å². The Bertz CT molecular complexity index is 493. The second-order valence-corrected chi connectivity index (χ2v) is 6.18. The van der Waals surface area contributed by atoms with Gasteiger partial charge in [-0.2, -0.15) is 0 Å². The van der Waals surface area contributed by atoms with Crippen molar-refractivity contribution >= 4 is 23.7 Å². The molecule has 1 aromatic rings. The lowest BCUT2D eigenvalue weighted by atomic mass is 9.99. The number of alkyl carbamates (subject to hydrolysis) is 1. The fourth-order valence-corrected chi connectivity index (χ4v) is 1.80. The standard InChI is InChI=1S/C15H20ClNO4/c1-15(2,3)21-14(20)17-9-11(13(18)19)8-10-4-6-12(16)7-5-10/h4-7,11H,8-9H2,1-3H3,(H,17,20)(H,18,19)/t11-/m1/s1. The van der Waals surface area contributed by atoms with E-state index in [1.54, 1.807) is 45.0 Å². The number of amides is 1. The summed E-state index contributed by atoms with van der Waals surface area (Å²) in [5.41, 5.74) is 0.233.